The van der Waals surface area contributed by atoms with Crippen molar-refractivity contribution in [2.24, 2.45) is 0 Å². The zero-order chi connectivity index (χ0) is 14.5. The monoisotopic (exact) mass is 292 g/mol. The van der Waals surface area contributed by atoms with Crippen molar-refractivity contribution in [3.63, 3.8) is 0 Å². The van der Waals surface area contributed by atoms with Gasteiger partial charge in [0.25, 0.3) is 0 Å². The molecule has 2 rings (SSSR count). The van der Waals surface area contributed by atoms with Gasteiger partial charge in [-0.3, -0.25) is 4.79 Å². The molecule has 0 amide bonds. The zero-order valence-electron chi connectivity index (χ0n) is 11.0. The zero-order valence-corrected chi connectivity index (χ0v) is 11.8. The Morgan fingerprint density at radius 2 is 2.05 bits per heavy atom. The molecule has 0 fully saturated rings. The largest absolute Gasteiger partial charge is 0.494 e. The molecule has 0 spiro atoms. The van der Waals surface area contributed by atoms with Crippen molar-refractivity contribution in [3.8, 4) is 5.75 Å². The quantitative estimate of drug-likeness (QED) is 0.759. The molecule has 104 valence electrons. The standard InChI is InChI=1S/C16H14ClFO2/c1-2-8-20-13-5-3-4-11(9-13)16(19)14-7-6-12(17)10-15(14)18/h3-7,9-10H,2,8H2,1H3. The first kappa shape index (κ1) is 14.5. The van der Waals surface area contributed by atoms with Crippen LogP contribution < -0.4 is 4.74 Å². The summed E-state index contributed by atoms with van der Waals surface area (Å²) in [6.45, 7) is 2.57. The predicted molar refractivity (Wildman–Crippen MR) is 77.1 cm³/mol. The number of carbonyl (C=O) groups excluding carboxylic acids is 1. The number of benzene rings is 2. The van der Waals surface area contributed by atoms with Crippen LogP contribution in [0.1, 0.15) is 29.3 Å². The van der Waals surface area contributed by atoms with Gasteiger partial charge < -0.3 is 4.74 Å². The molecule has 0 aliphatic carbocycles. The summed E-state index contributed by atoms with van der Waals surface area (Å²) < 4.78 is 19.2. The molecule has 0 saturated heterocycles. The summed E-state index contributed by atoms with van der Waals surface area (Å²) in [7, 11) is 0. The first-order chi connectivity index (χ1) is 9.61. The summed E-state index contributed by atoms with van der Waals surface area (Å²) in [4.78, 5) is 12.3. The van der Waals surface area contributed by atoms with Crippen LogP contribution in [0.2, 0.25) is 5.02 Å². The Balaban J connectivity index is 2.28. The molecule has 2 aromatic carbocycles. The van der Waals surface area contributed by atoms with Gasteiger partial charge in [-0.05, 0) is 36.8 Å². The van der Waals surface area contributed by atoms with E-state index in [-0.39, 0.29) is 16.4 Å². The molecule has 0 unspecified atom stereocenters. The fourth-order valence-electron chi connectivity index (χ4n) is 1.78. The second-order valence-corrected chi connectivity index (χ2v) is 4.77. The van der Waals surface area contributed by atoms with Crippen molar-refractivity contribution < 1.29 is 13.9 Å². The molecule has 2 nitrogen and oxygen atoms in total. The number of ketones is 1. The molecule has 0 N–H and O–H groups in total. The van der Waals surface area contributed by atoms with Crippen molar-refractivity contribution >= 4 is 17.4 Å². The highest BCUT2D eigenvalue weighted by atomic mass is 35.5. The van der Waals surface area contributed by atoms with Crippen LogP contribution in [-0.4, -0.2) is 12.4 Å². The van der Waals surface area contributed by atoms with Crippen LogP contribution in [-0.2, 0) is 0 Å². The fourth-order valence-corrected chi connectivity index (χ4v) is 1.93. The second-order valence-electron chi connectivity index (χ2n) is 4.33. The molecule has 0 aromatic heterocycles. The predicted octanol–water partition coefficient (Wildman–Crippen LogP) is 4.50. The van der Waals surface area contributed by atoms with Crippen LogP contribution in [0, 0.1) is 5.82 Å². The third kappa shape index (κ3) is 3.36. The van der Waals surface area contributed by atoms with Crippen molar-refractivity contribution in [1.29, 1.82) is 0 Å². The lowest BCUT2D eigenvalue weighted by Crippen LogP contribution is -2.05. The van der Waals surface area contributed by atoms with E-state index in [2.05, 4.69) is 0 Å². The lowest BCUT2D eigenvalue weighted by atomic mass is 10.0. The van der Waals surface area contributed by atoms with Gasteiger partial charge in [-0.2, -0.15) is 0 Å². The topological polar surface area (TPSA) is 26.3 Å². The molecule has 0 bridgehead atoms. The minimum atomic E-state index is -0.623. The molecule has 0 saturated carbocycles. The van der Waals surface area contributed by atoms with Gasteiger partial charge in [-0.1, -0.05) is 30.7 Å². The van der Waals surface area contributed by atoms with Crippen LogP contribution in [0.4, 0.5) is 4.39 Å². The van der Waals surface area contributed by atoms with Gasteiger partial charge >= 0.3 is 0 Å². The second kappa shape index (κ2) is 6.53. The summed E-state index contributed by atoms with van der Waals surface area (Å²) >= 11 is 5.68. The van der Waals surface area contributed by atoms with Gasteiger partial charge in [-0.15, -0.1) is 0 Å². The van der Waals surface area contributed by atoms with Gasteiger partial charge in [-0.25, -0.2) is 4.39 Å². The van der Waals surface area contributed by atoms with Crippen molar-refractivity contribution in [2.75, 3.05) is 6.61 Å². The number of hydrogen-bond acceptors (Lipinski definition) is 2. The van der Waals surface area contributed by atoms with E-state index in [1.165, 1.54) is 12.1 Å². The Hall–Kier alpha value is -1.87. The molecule has 0 aliphatic heterocycles. The maximum atomic E-state index is 13.8. The van der Waals surface area contributed by atoms with Gasteiger partial charge in [0, 0.05) is 10.6 Å². The van der Waals surface area contributed by atoms with E-state index < -0.39 is 5.82 Å². The maximum Gasteiger partial charge on any atom is 0.196 e. The molecule has 4 heteroatoms. The minimum Gasteiger partial charge on any atom is -0.494 e. The van der Waals surface area contributed by atoms with E-state index in [1.54, 1.807) is 24.3 Å². The fraction of sp³-hybridized carbons (Fsp3) is 0.188. The molecule has 0 aliphatic rings. The van der Waals surface area contributed by atoms with Crippen LogP contribution in [0.5, 0.6) is 5.75 Å². The Bertz CT molecular complexity index is 626. The summed E-state index contributed by atoms with van der Waals surface area (Å²) in [5.41, 5.74) is 0.391. The lowest BCUT2D eigenvalue weighted by Gasteiger charge is -2.07. The molecule has 0 atom stereocenters. The highest BCUT2D eigenvalue weighted by Gasteiger charge is 2.14. The summed E-state index contributed by atoms with van der Waals surface area (Å²) in [6, 6.07) is 10.7. The Morgan fingerprint density at radius 3 is 2.75 bits per heavy atom. The van der Waals surface area contributed by atoms with Crippen molar-refractivity contribution in [3.05, 3.63) is 64.4 Å². The van der Waals surface area contributed by atoms with Crippen molar-refractivity contribution in [2.45, 2.75) is 13.3 Å². The molecule has 0 radical (unpaired) electrons. The van der Waals surface area contributed by atoms with Crippen LogP contribution >= 0.6 is 11.6 Å². The highest BCUT2D eigenvalue weighted by molar-refractivity contribution is 6.30. The smallest absolute Gasteiger partial charge is 0.196 e. The van der Waals surface area contributed by atoms with Gasteiger partial charge in [0.05, 0.1) is 12.2 Å². The number of hydrogen-bond donors (Lipinski definition) is 0. The van der Waals surface area contributed by atoms with E-state index in [1.807, 2.05) is 6.92 Å². The minimum absolute atomic E-state index is 0.00189. The van der Waals surface area contributed by atoms with E-state index in [9.17, 15) is 9.18 Å². The summed E-state index contributed by atoms with van der Waals surface area (Å²) in [5, 5.41) is 0.263. The number of halogens is 2. The Labute approximate surface area is 122 Å². The van der Waals surface area contributed by atoms with E-state index >= 15 is 0 Å². The average molecular weight is 293 g/mol. The molecular weight excluding hydrogens is 279 g/mol. The van der Waals surface area contributed by atoms with Crippen LogP contribution in [0.3, 0.4) is 0 Å². The van der Waals surface area contributed by atoms with E-state index in [0.29, 0.717) is 17.9 Å². The Morgan fingerprint density at radius 1 is 1.25 bits per heavy atom. The van der Waals surface area contributed by atoms with Gasteiger partial charge in [0.15, 0.2) is 5.78 Å². The maximum absolute atomic E-state index is 13.8. The number of rotatable bonds is 5. The Kier molecular flexibility index (Phi) is 4.74. The normalized spacial score (nSPS) is 10.3. The van der Waals surface area contributed by atoms with Crippen LogP contribution in [0.15, 0.2) is 42.5 Å². The summed E-state index contributed by atoms with van der Waals surface area (Å²) in [6.07, 6.45) is 0.879. The molecular formula is C16H14ClFO2. The van der Waals surface area contributed by atoms with Crippen LogP contribution in [0.25, 0.3) is 0 Å². The highest BCUT2D eigenvalue weighted by Crippen LogP contribution is 2.20. The molecule has 2 aromatic rings. The van der Waals surface area contributed by atoms with Gasteiger partial charge in [0.2, 0.25) is 0 Å². The van der Waals surface area contributed by atoms with E-state index in [0.717, 1.165) is 12.5 Å². The third-order valence-electron chi connectivity index (χ3n) is 2.74. The first-order valence-electron chi connectivity index (χ1n) is 6.34. The summed E-state index contributed by atoms with van der Waals surface area (Å²) in [5.74, 6) is -0.407. The SMILES string of the molecule is CCCOc1cccc(C(=O)c2ccc(Cl)cc2F)c1. The third-order valence-corrected chi connectivity index (χ3v) is 2.98. The van der Waals surface area contributed by atoms with Crippen molar-refractivity contribution in [1.82, 2.24) is 0 Å². The average Bonchev–Trinajstić information content (AvgIpc) is 2.45. The molecule has 20 heavy (non-hydrogen) atoms. The van der Waals surface area contributed by atoms with Gasteiger partial charge in [0.1, 0.15) is 11.6 Å². The number of carbonyl (C=O) groups is 1. The number of ether oxygens (including phenoxy) is 1. The first-order valence-corrected chi connectivity index (χ1v) is 6.72. The molecule has 0 heterocycles. The van der Waals surface area contributed by atoms with E-state index in [4.69, 9.17) is 16.3 Å². The lowest BCUT2D eigenvalue weighted by molar-refractivity contribution is 0.103.